The van der Waals surface area contributed by atoms with Gasteiger partial charge in [0.25, 0.3) is 0 Å². The second-order valence-corrected chi connectivity index (χ2v) is 6.20. The van der Waals surface area contributed by atoms with E-state index < -0.39 is 8.77 Å². The predicted molar refractivity (Wildman–Crippen MR) is 56.4 cm³/mol. The lowest BCUT2D eigenvalue weighted by Gasteiger charge is -2.13. The lowest BCUT2D eigenvalue weighted by Crippen LogP contribution is -2.18. The van der Waals surface area contributed by atoms with Gasteiger partial charge in [0, 0.05) is 11.2 Å². The Labute approximate surface area is 80.2 Å². The zero-order chi connectivity index (χ0) is 9.61. The maximum absolute atomic E-state index is 11.2. The summed E-state index contributed by atoms with van der Waals surface area (Å²) in [5.41, 5.74) is 0. The molecule has 0 bridgehead atoms. The predicted octanol–water partition coefficient (Wildman–Crippen LogP) is 2.56. The molecule has 74 valence electrons. The fraction of sp³-hybridized carbons (Fsp3) is 1.00. The Balaban J connectivity index is 4.05. The Kier molecular flexibility index (Phi) is 6.05. The molecular weight excluding hydrogens is 192 g/mol. The third-order valence-corrected chi connectivity index (χ3v) is 4.04. The van der Waals surface area contributed by atoms with Gasteiger partial charge in [-0.15, -0.1) is 0 Å². The van der Waals surface area contributed by atoms with E-state index in [9.17, 15) is 8.76 Å². The first-order valence-electron chi connectivity index (χ1n) is 4.48. The molecule has 0 spiro atoms. The fourth-order valence-corrected chi connectivity index (χ4v) is 2.77. The first-order chi connectivity index (χ1) is 5.52. The molecule has 2 atom stereocenters. The van der Waals surface area contributed by atoms with Crippen LogP contribution in [0.2, 0.25) is 0 Å². The largest absolute Gasteiger partial charge is 0.305 e. The SMILES string of the molecule is CCCCC(CCC)S(=O)(O)=S. The van der Waals surface area contributed by atoms with Crippen LogP contribution in [0, 0.1) is 0 Å². The highest BCUT2D eigenvalue weighted by Gasteiger charge is 2.17. The van der Waals surface area contributed by atoms with Gasteiger partial charge in [-0.3, -0.25) is 0 Å². The minimum atomic E-state index is -2.97. The van der Waals surface area contributed by atoms with Gasteiger partial charge in [0.1, 0.15) is 8.77 Å². The van der Waals surface area contributed by atoms with Gasteiger partial charge in [-0.25, -0.2) is 4.21 Å². The molecule has 0 aromatic heterocycles. The van der Waals surface area contributed by atoms with Crippen molar-refractivity contribution in [2.24, 2.45) is 0 Å². The van der Waals surface area contributed by atoms with E-state index in [1.807, 2.05) is 6.92 Å². The molecule has 0 aromatic carbocycles. The van der Waals surface area contributed by atoms with Crippen LogP contribution in [0.15, 0.2) is 0 Å². The van der Waals surface area contributed by atoms with Crippen LogP contribution in [0.4, 0.5) is 0 Å². The molecule has 2 unspecified atom stereocenters. The average Bonchev–Trinajstić information content (AvgIpc) is 1.95. The number of unbranched alkanes of at least 4 members (excludes halogenated alkanes) is 1. The van der Waals surface area contributed by atoms with E-state index in [-0.39, 0.29) is 5.25 Å². The molecule has 0 aliphatic carbocycles. The molecule has 0 saturated heterocycles. The summed E-state index contributed by atoms with van der Waals surface area (Å²) in [6.45, 7) is 4.09. The molecule has 4 heteroatoms. The van der Waals surface area contributed by atoms with Gasteiger partial charge in [0.15, 0.2) is 0 Å². The minimum absolute atomic E-state index is 0.169. The first-order valence-corrected chi connectivity index (χ1v) is 6.99. The van der Waals surface area contributed by atoms with E-state index in [4.69, 9.17) is 0 Å². The molecule has 0 heterocycles. The standard InChI is InChI=1S/C8H18O2S2/c1-3-5-7-8(6-4-2)12(9,10)11/h8H,3-7H2,1-2H3,(H,9,10,11). The molecule has 0 aromatic rings. The van der Waals surface area contributed by atoms with Gasteiger partial charge in [0.2, 0.25) is 0 Å². The second kappa shape index (κ2) is 5.89. The van der Waals surface area contributed by atoms with Crippen molar-refractivity contribution in [1.29, 1.82) is 0 Å². The van der Waals surface area contributed by atoms with Gasteiger partial charge < -0.3 is 4.55 Å². The number of rotatable bonds is 6. The molecule has 0 aliphatic rings. The van der Waals surface area contributed by atoms with Crippen LogP contribution in [0.5, 0.6) is 0 Å². The zero-order valence-electron chi connectivity index (χ0n) is 7.78. The van der Waals surface area contributed by atoms with Gasteiger partial charge in [-0.2, -0.15) is 0 Å². The van der Waals surface area contributed by atoms with E-state index in [0.29, 0.717) is 0 Å². The van der Waals surface area contributed by atoms with Gasteiger partial charge in [0.05, 0.1) is 5.25 Å². The van der Waals surface area contributed by atoms with Crippen LogP contribution in [0.3, 0.4) is 0 Å². The minimum Gasteiger partial charge on any atom is -0.305 e. The molecule has 0 rings (SSSR count). The average molecular weight is 210 g/mol. The molecule has 0 saturated carbocycles. The molecule has 12 heavy (non-hydrogen) atoms. The third-order valence-electron chi connectivity index (χ3n) is 1.91. The van der Waals surface area contributed by atoms with E-state index in [1.54, 1.807) is 0 Å². The first kappa shape index (κ1) is 12.3. The second-order valence-electron chi connectivity index (χ2n) is 3.07. The van der Waals surface area contributed by atoms with E-state index in [2.05, 4.69) is 18.1 Å². The van der Waals surface area contributed by atoms with Crippen molar-refractivity contribution >= 4 is 20.0 Å². The Hall–Kier alpha value is 0.330. The molecule has 2 nitrogen and oxygen atoms in total. The molecule has 0 aliphatic heterocycles. The Morgan fingerprint density at radius 1 is 1.33 bits per heavy atom. The van der Waals surface area contributed by atoms with Crippen LogP contribution in [0.1, 0.15) is 46.0 Å². The van der Waals surface area contributed by atoms with Crippen LogP contribution in [-0.4, -0.2) is 14.0 Å². The lowest BCUT2D eigenvalue weighted by atomic mass is 10.1. The van der Waals surface area contributed by atoms with Gasteiger partial charge in [-0.05, 0) is 12.8 Å². The van der Waals surface area contributed by atoms with Crippen LogP contribution in [0.25, 0.3) is 0 Å². The monoisotopic (exact) mass is 210 g/mol. The fourth-order valence-electron chi connectivity index (χ4n) is 1.20. The zero-order valence-corrected chi connectivity index (χ0v) is 9.42. The number of hydrogen-bond donors (Lipinski definition) is 1. The third kappa shape index (κ3) is 5.06. The summed E-state index contributed by atoms with van der Waals surface area (Å²) >= 11 is 4.57. The van der Waals surface area contributed by atoms with Crippen molar-refractivity contribution in [3.63, 3.8) is 0 Å². The van der Waals surface area contributed by atoms with Crippen LogP contribution >= 0.6 is 0 Å². The lowest BCUT2D eigenvalue weighted by molar-refractivity contribution is 0.519. The smallest absolute Gasteiger partial charge is 0.144 e. The summed E-state index contributed by atoms with van der Waals surface area (Å²) in [6.07, 6.45) is 4.56. The maximum Gasteiger partial charge on any atom is 0.144 e. The van der Waals surface area contributed by atoms with E-state index in [1.165, 1.54) is 0 Å². The number of hydrogen-bond acceptors (Lipinski definition) is 2. The van der Waals surface area contributed by atoms with Crippen molar-refractivity contribution in [2.75, 3.05) is 0 Å². The van der Waals surface area contributed by atoms with Gasteiger partial charge >= 0.3 is 0 Å². The Morgan fingerprint density at radius 3 is 2.25 bits per heavy atom. The highest BCUT2D eigenvalue weighted by molar-refractivity contribution is 8.30. The summed E-state index contributed by atoms with van der Waals surface area (Å²) in [6, 6.07) is 0. The van der Waals surface area contributed by atoms with Crippen molar-refractivity contribution < 1.29 is 8.76 Å². The normalized spacial score (nSPS) is 18.6. The summed E-state index contributed by atoms with van der Waals surface area (Å²) in [5, 5.41) is -0.169. The molecule has 1 N–H and O–H groups in total. The summed E-state index contributed by atoms with van der Waals surface area (Å²) < 4.78 is 20.3. The van der Waals surface area contributed by atoms with Crippen molar-refractivity contribution in [2.45, 2.75) is 51.2 Å². The van der Waals surface area contributed by atoms with E-state index in [0.717, 1.165) is 32.1 Å². The summed E-state index contributed by atoms with van der Waals surface area (Å²) in [5.74, 6) is 0. The highest BCUT2D eigenvalue weighted by Crippen LogP contribution is 2.14. The summed E-state index contributed by atoms with van der Waals surface area (Å²) in [4.78, 5) is 0. The van der Waals surface area contributed by atoms with Crippen LogP contribution in [-0.2, 0) is 20.0 Å². The quantitative estimate of drug-likeness (QED) is 0.732. The van der Waals surface area contributed by atoms with E-state index >= 15 is 0 Å². The maximum atomic E-state index is 11.2. The topological polar surface area (TPSA) is 37.3 Å². The molecule has 0 radical (unpaired) electrons. The van der Waals surface area contributed by atoms with Crippen LogP contribution < -0.4 is 0 Å². The Bertz CT molecular complexity index is 197. The van der Waals surface area contributed by atoms with Crippen molar-refractivity contribution in [3.8, 4) is 0 Å². The van der Waals surface area contributed by atoms with Crippen molar-refractivity contribution in [3.05, 3.63) is 0 Å². The molecular formula is C8H18O2S2. The van der Waals surface area contributed by atoms with Gasteiger partial charge in [-0.1, -0.05) is 33.1 Å². The van der Waals surface area contributed by atoms with Crippen molar-refractivity contribution in [1.82, 2.24) is 0 Å². The highest BCUT2D eigenvalue weighted by atomic mass is 32.8. The molecule has 0 fully saturated rings. The Morgan fingerprint density at radius 2 is 1.92 bits per heavy atom. The molecule has 0 amide bonds. The summed E-state index contributed by atoms with van der Waals surface area (Å²) in [7, 11) is -2.97.